The first kappa shape index (κ1) is 107. The van der Waals surface area contributed by atoms with Crippen LogP contribution < -0.4 is 43.0 Å². The van der Waals surface area contributed by atoms with Crippen molar-refractivity contribution in [3.05, 3.63) is 186 Å². The predicted molar refractivity (Wildman–Crippen MR) is 503 cm³/mol. The van der Waals surface area contributed by atoms with Crippen molar-refractivity contribution >= 4 is 94.1 Å². The number of unbranched alkanes of at least 4 members (excludes halogenated alkanes) is 1. The van der Waals surface area contributed by atoms with Crippen molar-refractivity contribution in [2.45, 2.75) is 259 Å². The topological polar surface area (TPSA) is 671 Å². The number of rotatable bonds is 31. The van der Waals surface area contributed by atoms with Crippen LogP contribution in [0.25, 0.3) is 0 Å². The smallest absolute Gasteiger partial charge is 0.410 e. The average Bonchev–Trinajstić information content (AvgIpc) is 0.778. The van der Waals surface area contributed by atoms with Gasteiger partial charge in [0.1, 0.15) is 109 Å². The van der Waals surface area contributed by atoms with Gasteiger partial charge in [-0.15, -0.1) is 0 Å². The van der Waals surface area contributed by atoms with Gasteiger partial charge in [0.25, 0.3) is 0 Å². The maximum atomic E-state index is 14.0. The van der Waals surface area contributed by atoms with Crippen LogP contribution in [-0.4, -0.2) is 320 Å². The lowest BCUT2D eigenvalue weighted by atomic mass is 9.71. The minimum absolute atomic E-state index is 0.0149. The molecule has 44 nitrogen and oxygen atoms in total. The number of likely N-dealkylation sites (tertiary alicyclic amines) is 3. The standard InChI is InChI=1S/C51H62N6O16.C50H57N5O17/c1-25-11-9-14-29-38(25)45(64)41-40(43(29)62)44(63)30-20-51(70,35(59)23-58)21-34(39(30)46(41)65)73-37-19-32(42(61)27(3)72-37)55-49(68)33-16-10-18-57(33)36(60)22-53-47(66)26(2)54-48(67)31(15-7-8-17-52)56-50(69)71-24-28-12-5-4-6-13-28;1-23-9-7-12-28-37(23)44(63)40-39(42(28)61)43(62)29-17-50(69,34(58)21-56)18-33(38(29)45(40)64)72-36-16-30(41(60)25(3)71-36)53-47(66)31-13-8-14-54(31)35(59)19-51-46(65)24(2)52-48(67)32-15-27(57)20-55(32)49(68)70-22-26-10-5-4-6-11-26/h4-6,9,11-14,26-27,31-34,37,42,58,61,63,65,70H,7-8,10,15-24,52H2,1-3H3,(H,53,66)(H,54,67)(H,55,68)(H,56,69);4-7,9-12,24-25,27,30-33,36,41,56-57,60,62,64,69H,8,13-22H2,1-3H3,(H,51,65)(H,52,67)(H,53,66)/t26-,27?,31-,32?,33-,34-,37?,42?,51-;24-,25?,27+,30?,31-,32-,33-,36?,41?,50-/m00/s1. The molecule has 10 amide bonds. The number of nitrogens with two attached hydrogens (primary N) is 1. The summed E-state index contributed by atoms with van der Waals surface area (Å²) in [6.45, 7) is 6.04. The van der Waals surface area contributed by atoms with Crippen molar-refractivity contribution in [2.24, 2.45) is 5.73 Å². The molecule has 8 unspecified atom stereocenters. The van der Waals surface area contributed by atoms with E-state index in [-0.39, 0.29) is 116 Å². The van der Waals surface area contributed by atoms with E-state index in [1.165, 1.54) is 49.6 Å². The Balaban J connectivity index is 0.000000230. The number of carbonyl (C=O) groups is 16. The van der Waals surface area contributed by atoms with Gasteiger partial charge in [-0.25, -0.2) is 9.59 Å². The molecule has 19 atom stereocenters. The molecule has 5 aliphatic heterocycles. The number of aliphatic hydroxyl groups excluding tert-OH is 5. The number of Topliss-reactive ketones (excluding diaryl/α,β-unsaturated/α-hetero) is 2. The first-order chi connectivity index (χ1) is 69.0. The first-order valence-electron chi connectivity index (χ1n) is 48.0. The molecule has 4 aliphatic carbocycles. The Bertz CT molecular complexity index is 6070. The fourth-order valence-corrected chi connectivity index (χ4v) is 20.3. The van der Waals surface area contributed by atoms with E-state index >= 15 is 0 Å². The van der Waals surface area contributed by atoms with Gasteiger partial charge in [0.15, 0.2) is 47.3 Å². The van der Waals surface area contributed by atoms with E-state index in [0.717, 1.165) is 16.0 Å². The molecule has 44 heteroatoms. The SMILES string of the molecule is Cc1cccc2c1C(=O)c1c(O)c3c(c(O)c1C2=O)C[C@@](O)(C(=O)CO)C[C@@H]3OC1CC(NC(=O)[C@@H]2CCCN2C(=O)CNC(=O)[C@H](C)NC(=O)[C@@H]2C[C@@H](O)CN2C(=O)OCc2ccccc2)C(O)C(C)O1.Cc1cccc2c1C(=O)c1c(O)c3c(c(O)c1C2=O)C[C@@](O)(C(=O)CO)C[C@@H]3OC1CC(NC(=O)[C@@H]2CCCN2C(=O)CNC(=O)[C@H](C)NC(=O)[C@H](CCCCN)NC(=O)OCc2ccccc2)C(O)C(C)O1. The Morgan fingerprint density at radius 3 is 1.36 bits per heavy atom. The van der Waals surface area contributed by atoms with Crippen molar-refractivity contribution in [1.29, 1.82) is 0 Å². The summed E-state index contributed by atoms with van der Waals surface area (Å²) in [6, 6.07) is 18.1. The summed E-state index contributed by atoms with van der Waals surface area (Å²) < 4.78 is 35.2. The number of hydrogen-bond acceptors (Lipinski definition) is 34. The molecule has 5 saturated heterocycles. The van der Waals surface area contributed by atoms with Crippen molar-refractivity contribution in [1.82, 2.24) is 51.9 Å². The maximum absolute atomic E-state index is 14.0. The van der Waals surface area contributed by atoms with E-state index in [1.54, 1.807) is 92.7 Å². The summed E-state index contributed by atoms with van der Waals surface area (Å²) in [4.78, 5) is 219. The zero-order valence-electron chi connectivity index (χ0n) is 80.3. The summed E-state index contributed by atoms with van der Waals surface area (Å²) in [6.07, 6.45) is -13.8. The second-order valence-corrected chi connectivity index (χ2v) is 38.0. The molecule has 15 rings (SSSR count). The summed E-state index contributed by atoms with van der Waals surface area (Å²) >= 11 is 0. The number of aliphatic hydroxyl groups is 7. The van der Waals surface area contributed by atoms with Gasteiger partial charge < -0.3 is 137 Å². The monoisotopic (exact) mass is 2010 g/mol. The molecule has 5 heterocycles. The Labute approximate surface area is 830 Å². The van der Waals surface area contributed by atoms with Crippen molar-refractivity contribution in [3.8, 4) is 23.0 Å². The molecule has 0 radical (unpaired) electrons. The Morgan fingerprint density at radius 2 is 0.924 bits per heavy atom. The lowest BCUT2D eigenvalue weighted by Gasteiger charge is -2.43. The van der Waals surface area contributed by atoms with E-state index in [1.807, 2.05) is 6.07 Å². The third kappa shape index (κ3) is 22.7. The maximum Gasteiger partial charge on any atom is 0.410 e. The molecule has 5 fully saturated rings. The van der Waals surface area contributed by atoms with Crippen LogP contribution in [0.4, 0.5) is 9.59 Å². The van der Waals surface area contributed by atoms with Gasteiger partial charge in [0.2, 0.25) is 47.3 Å². The lowest BCUT2D eigenvalue weighted by Crippen LogP contribution is -2.59. The average molecular weight is 2020 g/mol. The number of phenolic OH excluding ortho intramolecular Hbond substituents is 4. The second kappa shape index (κ2) is 45.3. The number of β-amino-alcohol motifs (C(OH)–C–C–N with tert-alkyl or cyclic N) is 1. The van der Waals surface area contributed by atoms with E-state index in [2.05, 4.69) is 37.2 Å². The van der Waals surface area contributed by atoms with Crippen LogP contribution in [0.15, 0.2) is 97.1 Å². The van der Waals surface area contributed by atoms with Crippen LogP contribution in [0.5, 0.6) is 23.0 Å². The number of amides is 10. The number of ketones is 6. The van der Waals surface area contributed by atoms with Crippen molar-refractivity contribution in [2.75, 3.05) is 52.5 Å². The molecule has 9 aliphatic rings. The molecular weight excluding hydrogens is 1900 g/mol. The van der Waals surface area contributed by atoms with Gasteiger partial charge >= 0.3 is 12.2 Å². The third-order valence-corrected chi connectivity index (χ3v) is 28.1. The largest absolute Gasteiger partial charge is 0.507 e. The predicted octanol–water partition coefficient (Wildman–Crippen LogP) is 0.337. The molecule has 145 heavy (non-hydrogen) atoms. The summed E-state index contributed by atoms with van der Waals surface area (Å²) in [5.41, 5.74) is 0.0744. The second-order valence-electron chi connectivity index (χ2n) is 38.0. The number of alkyl carbamates (subject to hydrolysis) is 1. The molecule has 0 spiro atoms. The fourth-order valence-electron chi connectivity index (χ4n) is 20.3. The van der Waals surface area contributed by atoms with Gasteiger partial charge in [-0.2, -0.15) is 0 Å². The molecule has 776 valence electrons. The van der Waals surface area contributed by atoms with E-state index in [9.17, 15) is 133 Å². The number of nitrogens with zero attached hydrogens (tertiary/aromatic N) is 3. The highest BCUT2D eigenvalue weighted by Crippen LogP contribution is 2.55. The minimum Gasteiger partial charge on any atom is -0.507 e. The number of aryl methyl sites for hydroxylation is 2. The van der Waals surface area contributed by atoms with Gasteiger partial charge in [-0.05, 0) is 115 Å². The van der Waals surface area contributed by atoms with Gasteiger partial charge in [-0.1, -0.05) is 97.1 Å². The molecule has 6 aromatic carbocycles. The third-order valence-electron chi connectivity index (χ3n) is 28.1. The van der Waals surface area contributed by atoms with Gasteiger partial charge in [0, 0.05) is 103 Å². The van der Waals surface area contributed by atoms with Crippen LogP contribution >= 0.6 is 0 Å². The number of phenols is 4. The van der Waals surface area contributed by atoms with E-state index in [4.69, 9.17) is 34.2 Å². The normalized spacial score (nSPS) is 25.5. The number of benzene rings is 6. The quantitative estimate of drug-likeness (QED) is 0.0206. The molecule has 0 bridgehead atoms. The van der Waals surface area contributed by atoms with Gasteiger partial charge in [0.05, 0.1) is 84.5 Å². The molecule has 6 aromatic rings. The lowest BCUT2D eigenvalue weighted by molar-refractivity contribution is -0.249. The minimum atomic E-state index is -2.40. The number of carbonyl (C=O) groups excluding carboxylic acids is 16. The highest BCUT2D eigenvalue weighted by molar-refractivity contribution is 6.32. The van der Waals surface area contributed by atoms with E-state index < -0.39 is 306 Å². The number of aromatic hydroxyl groups is 4. The summed E-state index contributed by atoms with van der Waals surface area (Å²) in [5, 5.41) is 141. The van der Waals surface area contributed by atoms with Crippen LogP contribution in [0.3, 0.4) is 0 Å². The molecule has 0 aromatic heterocycles. The van der Waals surface area contributed by atoms with Crippen molar-refractivity contribution < 1.29 is 161 Å². The zero-order valence-corrected chi connectivity index (χ0v) is 80.3. The fraction of sp³-hybridized carbons (Fsp3) is 0.485. The number of ether oxygens (including phenoxy) is 6. The van der Waals surface area contributed by atoms with Crippen molar-refractivity contribution in [3.63, 3.8) is 0 Å². The van der Waals surface area contributed by atoms with Crippen LogP contribution in [0, 0.1) is 13.8 Å². The zero-order chi connectivity index (χ0) is 105. The van der Waals surface area contributed by atoms with Crippen LogP contribution in [0.1, 0.15) is 225 Å². The molecule has 0 saturated carbocycles. The summed E-state index contributed by atoms with van der Waals surface area (Å²) in [5.74, 6) is -13.6. The molecule has 20 N–H and O–H groups in total. The first-order valence-corrected chi connectivity index (χ1v) is 48.0. The summed E-state index contributed by atoms with van der Waals surface area (Å²) in [7, 11) is 0. The Hall–Kier alpha value is -13.6. The highest BCUT2D eigenvalue weighted by atomic mass is 16.7. The van der Waals surface area contributed by atoms with E-state index in [0.29, 0.717) is 43.4 Å². The van der Waals surface area contributed by atoms with Crippen LogP contribution in [0.2, 0.25) is 0 Å². The Kier molecular flexibility index (Phi) is 33.5. The Morgan fingerprint density at radius 1 is 0.497 bits per heavy atom. The van der Waals surface area contributed by atoms with Crippen LogP contribution in [-0.2, 0) is 102 Å². The number of hydrogen-bond donors (Lipinski definition) is 19. The highest BCUT2D eigenvalue weighted by Gasteiger charge is 2.55. The number of nitrogens with one attached hydrogen (secondary N) is 7. The number of fused-ring (bicyclic) bond motifs is 6. The molecular formula is C101H119N11O33. The van der Waals surface area contributed by atoms with Gasteiger partial charge in [-0.3, -0.25) is 72.0 Å².